The quantitative estimate of drug-likeness (QED) is 0.945. The molecule has 0 amide bonds. The molecule has 1 heterocycles. The molecule has 1 N–H and O–H groups in total. The lowest BCUT2D eigenvalue weighted by atomic mass is 10.1. The Bertz CT molecular complexity index is 746. The molecule has 0 saturated heterocycles. The number of aromatic nitrogens is 2. The summed E-state index contributed by atoms with van der Waals surface area (Å²) in [6.07, 6.45) is 0. The summed E-state index contributed by atoms with van der Waals surface area (Å²) in [7, 11) is -2.64. The van der Waals surface area contributed by atoms with E-state index in [1.807, 2.05) is 19.9 Å². The third-order valence-electron chi connectivity index (χ3n) is 2.84. The van der Waals surface area contributed by atoms with Crippen molar-refractivity contribution in [1.82, 2.24) is 9.78 Å². The molecule has 0 unspecified atom stereocenters. The van der Waals surface area contributed by atoms with E-state index in [-0.39, 0.29) is 5.69 Å². The number of sulfonamides is 1. The molecule has 0 fully saturated rings. The van der Waals surface area contributed by atoms with Gasteiger partial charge in [-0.1, -0.05) is 6.07 Å². The molecule has 2 rings (SSSR count). The van der Waals surface area contributed by atoms with Gasteiger partial charge in [-0.15, -0.1) is 0 Å². The Morgan fingerprint density at radius 3 is 2.15 bits per heavy atom. The zero-order valence-electron chi connectivity index (χ0n) is 11.7. The van der Waals surface area contributed by atoms with Gasteiger partial charge < -0.3 is 0 Å². The minimum atomic E-state index is -4.00. The van der Waals surface area contributed by atoms with Crippen molar-refractivity contribution in [3.63, 3.8) is 0 Å². The maximum absolute atomic E-state index is 13.9. The summed E-state index contributed by atoms with van der Waals surface area (Å²) < 4.78 is 41.7. The SMILES string of the molecule is Cc1cc(C)cc(NS(=O)(=O)c2c(C)nn(C)c2F)c1. The van der Waals surface area contributed by atoms with Gasteiger partial charge in [-0.25, -0.2) is 13.1 Å². The molecule has 108 valence electrons. The predicted octanol–water partition coefficient (Wildman–Crippen LogP) is 2.29. The number of halogens is 1. The summed E-state index contributed by atoms with van der Waals surface area (Å²) in [5.41, 5.74) is 2.38. The minimum absolute atomic E-state index is 0.127. The van der Waals surface area contributed by atoms with Crippen molar-refractivity contribution >= 4 is 15.7 Å². The number of nitrogens with zero attached hydrogens (tertiary/aromatic N) is 2. The molecule has 2 aromatic rings. The Morgan fingerprint density at radius 2 is 1.70 bits per heavy atom. The van der Waals surface area contributed by atoms with E-state index in [4.69, 9.17) is 0 Å². The van der Waals surface area contributed by atoms with Crippen LogP contribution >= 0.6 is 0 Å². The highest BCUT2D eigenvalue weighted by atomic mass is 32.2. The van der Waals surface area contributed by atoms with E-state index in [0.717, 1.165) is 15.8 Å². The van der Waals surface area contributed by atoms with Crippen LogP contribution in [0.2, 0.25) is 0 Å². The van der Waals surface area contributed by atoms with Crippen LogP contribution in [-0.2, 0) is 17.1 Å². The molecule has 1 aromatic carbocycles. The van der Waals surface area contributed by atoms with Crippen LogP contribution in [0.5, 0.6) is 0 Å². The van der Waals surface area contributed by atoms with E-state index in [0.29, 0.717) is 5.69 Å². The molecule has 1 aromatic heterocycles. The van der Waals surface area contributed by atoms with E-state index >= 15 is 0 Å². The molecule has 0 bridgehead atoms. The summed E-state index contributed by atoms with van der Waals surface area (Å²) in [4.78, 5) is -0.417. The van der Waals surface area contributed by atoms with Gasteiger partial charge in [0.25, 0.3) is 10.0 Å². The van der Waals surface area contributed by atoms with Crippen LogP contribution in [-0.4, -0.2) is 18.2 Å². The smallest absolute Gasteiger partial charge is 0.268 e. The molecule has 20 heavy (non-hydrogen) atoms. The number of aryl methyl sites for hydroxylation is 4. The molecular weight excluding hydrogens is 281 g/mol. The standard InChI is InChI=1S/C13H16FN3O2S/c1-8-5-9(2)7-11(6-8)16-20(18,19)12-10(3)15-17(4)13(12)14/h5-7,16H,1-4H3. The van der Waals surface area contributed by atoms with Crippen LogP contribution in [0.25, 0.3) is 0 Å². The van der Waals surface area contributed by atoms with Crippen molar-refractivity contribution in [2.24, 2.45) is 7.05 Å². The molecular formula is C13H16FN3O2S. The van der Waals surface area contributed by atoms with Crippen molar-refractivity contribution in [1.29, 1.82) is 0 Å². The lowest BCUT2D eigenvalue weighted by molar-refractivity contribution is 0.483. The zero-order chi connectivity index (χ0) is 15.1. The first-order chi connectivity index (χ1) is 9.20. The third-order valence-corrected chi connectivity index (χ3v) is 4.35. The fourth-order valence-corrected chi connectivity index (χ4v) is 3.47. The maximum Gasteiger partial charge on any atom is 0.268 e. The van der Waals surface area contributed by atoms with Crippen LogP contribution in [0.1, 0.15) is 16.8 Å². The molecule has 0 aliphatic carbocycles. The Hall–Kier alpha value is -1.89. The number of hydrogen-bond donors (Lipinski definition) is 1. The third kappa shape index (κ3) is 2.67. The molecule has 0 saturated carbocycles. The average molecular weight is 297 g/mol. The first kappa shape index (κ1) is 14.5. The summed E-state index contributed by atoms with van der Waals surface area (Å²) in [5, 5.41) is 3.78. The molecule has 0 spiro atoms. The zero-order valence-corrected chi connectivity index (χ0v) is 12.5. The second-order valence-electron chi connectivity index (χ2n) is 4.81. The highest BCUT2D eigenvalue weighted by molar-refractivity contribution is 7.92. The number of benzene rings is 1. The Kier molecular flexibility index (Phi) is 3.56. The average Bonchev–Trinajstić information content (AvgIpc) is 2.50. The Labute approximate surface area is 117 Å². The largest absolute Gasteiger partial charge is 0.279 e. The van der Waals surface area contributed by atoms with Gasteiger partial charge in [-0.2, -0.15) is 9.49 Å². The monoisotopic (exact) mass is 297 g/mol. The van der Waals surface area contributed by atoms with Gasteiger partial charge in [-0.05, 0) is 44.0 Å². The van der Waals surface area contributed by atoms with Crippen molar-refractivity contribution in [2.75, 3.05) is 4.72 Å². The van der Waals surface area contributed by atoms with Gasteiger partial charge >= 0.3 is 0 Å². The lowest BCUT2D eigenvalue weighted by Gasteiger charge is -2.09. The minimum Gasteiger partial charge on any atom is -0.279 e. The summed E-state index contributed by atoms with van der Waals surface area (Å²) in [6.45, 7) is 5.18. The van der Waals surface area contributed by atoms with Gasteiger partial charge in [-0.3, -0.25) is 4.72 Å². The molecule has 0 atom stereocenters. The van der Waals surface area contributed by atoms with Crippen LogP contribution in [0, 0.1) is 26.7 Å². The highest BCUT2D eigenvalue weighted by Crippen LogP contribution is 2.22. The van der Waals surface area contributed by atoms with Crippen LogP contribution in [0.15, 0.2) is 23.1 Å². The van der Waals surface area contributed by atoms with Gasteiger partial charge in [0.1, 0.15) is 0 Å². The molecule has 0 aliphatic rings. The molecule has 0 aliphatic heterocycles. The number of nitrogens with one attached hydrogen (secondary N) is 1. The second kappa shape index (κ2) is 4.90. The van der Waals surface area contributed by atoms with E-state index in [9.17, 15) is 12.8 Å². The fraction of sp³-hybridized carbons (Fsp3) is 0.308. The normalized spacial score (nSPS) is 11.7. The van der Waals surface area contributed by atoms with E-state index in [2.05, 4.69) is 9.82 Å². The van der Waals surface area contributed by atoms with E-state index in [1.165, 1.54) is 14.0 Å². The van der Waals surface area contributed by atoms with E-state index < -0.39 is 20.9 Å². The van der Waals surface area contributed by atoms with Crippen molar-refractivity contribution in [3.05, 3.63) is 41.0 Å². The van der Waals surface area contributed by atoms with Gasteiger partial charge in [0, 0.05) is 12.7 Å². The van der Waals surface area contributed by atoms with Gasteiger partial charge in [0.2, 0.25) is 5.95 Å². The Morgan fingerprint density at radius 1 is 1.15 bits per heavy atom. The lowest BCUT2D eigenvalue weighted by Crippen LogP contribution is -2.15. The fourth-order valence-electron chi connectivity index (χ4n) is 2.16. The Balaban J connectivity index is 2.46. The summed E-state index contributed by atoms with van der Waals surface area (Å²) in [6, 6.07) is 5.30. The first-order valence-corrected chi connectivity index (χ1v) is 7.49. The second-order valence-corrected chi connectivity index (χ2v) is 6.43. The van der Waals surface area contributed by atoms with Gasteiger partial charge in [0.05, 0.1) is 5.69 Å². The van der Waals surface area contributed by atoms with Crippen LogP contribution in [0.4, 0.5) is 10.1 Å². The summed E-state index contributed by atoms with van der Waals surface area (Å²) in [5.74, 6) is -0.876. The van der Waals surface area contributed by atoms with Gasteiger partial charge in [0.15, 0.2) is 4.90 Å². The topological polar surface area (TPSA) is 64.0 Å². The highest BCUT2D eigenvalue weighted by Gasteiger charge is 2.26. The van der Waals surface area contributed by atoms with Crippen LogP contribution in [0.3, 0.4) is 0 Å². The first-order valence-electron chi connectivity index (χ1n) is 6.01. The number of rotatable bonds is 3. The van der Waals surface area contributed by atoms with Crippen molar-refractivity contribution in [3.8, 4) is 0 Å². The number of anilines is 1. The molecule has 5 nitrogen and oxygen atoms in total. The van der Waals surface area contributed by atoms with Crippen LogP contribution < -0.4 is 4.72 Å². The molecule has 7 heteroatoms. The summed E-state index contributed by atoms with van der Waals surface area (Å²) >= 11 is 0. The maximum atomic E-state index is 13.9. The number of hydrogen-bond acceptors (Lipinski definition) is 3. The molecule has 0 radical (unpaired) electrons. The predicted molar refractivity (Wildman–Crippen MR) is 74.6 cm³/mol. The van der Waals surface area contributed by atoms with Crippen molar-refractivity contribution in [2.45, 2.75) is 25.7 Å². The van der Waals surface area contributed by atoms with E-state index in [1.54, 1.807) is 12.1 Å². The van der Waals surface area contributed by atoms with Crippen molar-refractivity contribution < 1.29 is 12.8 Å².